The topological polar surface area (TPSA) is 41.8 Å². The standard InChI is InChI=1S/C4H7NO2/c6-3-4-1-2-7-5-4/h6H,1-3H2. The Labute approximate surface area is 41.6 Å². The third-order valence-electron chi connectivity index (χ3n) is 0.858. The van der Waals surface area contributed by atoms with E-state index < -0.39 is 0 Å². The highest BCUT2D eigenvalue weighted by molar-refractivity contribution is 5.85. The average molecular weight is 101 g/mol. The number of aliphatic hydroxyl groups excluding tert-OH is 1. The Balaban J connectivity index is 2.36. The molecule has 0 unspecified atom stereocenters. The lowest BCUT2D eigenvalue weighted by molar-refractivity contribution is 0.173. The molecule has 1 rings (SSSR count). The number of oxime groups is 1. The van der Waals surface area contributed by atoms with Crippen LogP contribution in [0, 0.1) is 0 Å². The van der Waals surface area contributed by atoms with E-state index in [-0.39, 0.29) is 6.61 Å². The van der Waals surface area contributed by atoms with E-state index in [9.17, 15) is 0 Å². The molecule has 1 heterocycles. The highest BCUT2D eigenvalue weighted by atomic mass is 16.6. The van der Waals surface area contributed by atoms with Crippen molar-refractivity contribution < 1.29 is 9.94 Å². The van der Waals surface area contributed by atoms with Crippen LogP contribution in [-0.2, 0) is 4.84 Å². The smallest absolute Gasteiger partial charge is 0.122 e. The second-order valence-electron chi connectivity index (χ2n) is 1.40. The van der Waals surface area contributed by atoms with E-state index in [1.54, 1.807) is 0 Å². The van der Waals surface area contributed by atoms with Gasteiger partial charge in [-0.2, -0.15) is 0 Å². The summed E-state index contributed by atoms with van der Waals surface area (Å²) in [6, 6.07) is 0. The zero-order valence-corrected chi connectivity index (χ0v) is 3.92. The van der Waals surface area contributed by atoms with E-state index in [0.29, 0.717) is 6.61 Å². The van der Waals surface area contributed by atoms with Gasteiger partial charge >= 0.3 is 0 Å². The van der Waals surface area contributed by atoms with Crippen LogP contribution in [-0.4, -0.2) is 24.0 Å². The van der Waals surface area contributed by atoms with Crippen molar-refractivity contribution in [2.24, 2.45) is 5.16 Å². The van der Waals surface area contributed by atoms with Gasteiger partial charge in [0.2, 0.25) is 0 Å². The molecule has 0 aromatic heterocycles. The molecule has 0 amide bonds. The Hall–Kier alpha value is -0.570. The fraction of sp³-hybridized carbons (Fsp3) is 0.750. The van der Waals surface area contributed by atoms with E-state index in [1.165, 1.54) is 0 Å². The van der Waals surface area contributed by atoms with Crippen LogP contribution in [0.1, 0.15) is 6.42 Å². The van der Waals surface area contributed by atoms with Gasteiger partial charge in [0.1, 0.15) is 6.61 Å². The predicted molar refractivity (Wildman–Crippen MR) is 25.1 cm³/mol. The highest BCUT2D eigenvalue weighted by Crippen LogP contribution is 1.97. The summed E-state index contributed by atoms with van der Waals surface area (Å²) in [5, 5.41) is 11.9. The molecule has 0 aromatic carbocycles. The maximum absolute atomic E-state index is 8.36. The zero-order chi connectivity index (χ0) is 5.11. The molecular formula is C4H7NO2. The summed E-state index contributed by atoms with van der Waals surface area (Å²) in [5.41, 5.74) is 0.750. The van der Waals surface area contributed by atoms with Crippen molar-refractivity contribution in [3.8, 4) is 0 Å². The number of aliphatic hydroxyl groups is 1. The molecule has 3 nitrogen and oxygen atoms in total. The highest BCUT2D eigenvalue weighted by Gasteiger charge is 2.03. The van der Waals surface area contributed by atoms with Crippen LogP contribution in [0.15, 0.2) is 5.16 Å². The van der Waals surface area contributed by atoms with Crippen molar-refractivity contribution in [1.82, 2.24) is 0 Å². The van der Waals surface area contributed by atoms with Crippen molar-refractivity contribution >= 4 is 5.71 Å². The molecule has 3 heteroatoms. The second-order valence-corrected chi connectivity index (χ2v) is 1.40. The van der Waals surface area contributed by atoms with Crippen molar-refractivity contribution in [3.05, 3.63) is 0 Å². The molecular weight excluding hydrogens is 94.0 g/mol. The zero-order valence-electron chi connectivity index (χ0n) is 3.92. The third kappa shape index (κ3) is 0.899. The molecule has 40 valence electrons. The Bertz CT molecular complexity index is 89.7. The van der Waals surface area contributed by atoms with Gasteiger partial charge in [-0.15, -0.1) is 0 Å². The molecule has 0 spiro atoms. The van der Waals surface area contributed by atoms with E-state index in [1.807, 2.05) is 0 Å². The van der Waals surface area contributed by atoms with Gasteiger partial charge in [0.05, 0.1) is 12.3 Å². The van der Waals surface area contributed by atoms with E-state index in [2.05, 4.69) is 9.99 Å². The van der Waals surface area contributed by atoms with Gasteiger partial charge in [-0.3, -0.25) is 0 Å². The maximum Gasteiger partial charge on any atom is 0.122 e. The molecule has 0 radical (unpaired) electrons. The fourth-order valence-electron chi connectivity index (χ4n) is 0.454. The Morgan fingerprint density at radius 2 is 2.71 bits per heavy atom. The van der Waals surface area contributed by atoms with Gasteiger partial charge in [0, 0.05) is 6.42 Å². The minimum atomic E-state index is 0.0417. The van der Waals surface area contributed by atoms with Crippen LogP contribution >= 0.6 is 0 Å². The molecule has 1 aliphatic heterocycles. The van der Waals surface area contributed by atoms with Gasteiger partial charge in [0.25, 0.3) is 0 Å². The molecule has 7 heavy (non-hydrogen) atoms. The Kier molecular flexibility index (Phi) is 1.26. The Morgan fingerprint density at radius 3 is 3.00 bits per heavy atom. The summed E-state index contributed by atoms with van der Waals surface area (Å²) in [7, 11) is 0. The average Bonchev–Trinajstić information content (AvgIpc) is 2.14. The molecule has 0 saturated heterocycles. The summed E-state index contributed by atoms with van der Waals surface area (Å²) in [6.45, 7) is 0.676. The van der Waals surface area contributed by atoms with E-state index >= 15 is 0 Å². The van der Waals surface area contributed by atoms with E-state index in [4.69, 9.17) is 5.11 Å². The number of hydrogen-bond acceptors (Lipinski definition) is 3. The number of rotatable bonds is 1. The molecule has 0 bridgehead atoms. The van der Waals surface area contributed by atoms with Crippen LogP contribution in [0.2, 0.25) is 0 Å². The van der Waals surface area contributed by atoms with Gasteiger partial charge in [0.15, 0.2) is 0 Å². The van der Waals surface area contributed by atoms with Crippen molar-refractivity contribution in [1.29, 1.82) is 0 Å². The van der Waals surface area contributed by atoms with Crippen LogP contribution in [0.25, 0.3) is 0 Å². The van der Waals surface area contributed by atoms with E-state index in [0.717, 1.165) is 12.1 Å². The molecule has 0 saturated carbocycles. The quantitative estimate of drug-likeness (QED) is 0.495. The van der Waals surface area contributed by atoms with Crippen molar-refractivity contribution in [2.75, 3.05) is 13.2 Å². The third-order valence-corrected chi connectivity index (χ3v) is 0.858. The molecule has 0 aromatic rings. The molecule has 0 atom stereocenters. The molecule has 1 aliphatic rings. The normalized spacial score (nSPS) is 18.7. The summed E-state index contributed by atoms with van der Waals surface area (Å²) >= 11 is 0. The van der Waals surface area contributed by atoms with Gasteiger partial charge < -0.3 is 9.94 Å². The molecule has 0 aliphatic carbocycles. The predicted octanol–water partition coefficient (Wildman–Crippen LogP) is -0.245. The minimum absolute atomic E-state index is 0.0417. The lowest BCUT2D eigenvalue weighted by Crippen LogP contribution is -1.98. The van der Waals surface area contributed by atoms with Crippen molar-refractivity contribution in [2.45, 2.75) is 6.42 Å². The van der Waals surface area contributed by atoms with Crippen LogP contribution in [0.3, 0.4) is 0 Å². The monoisotopic (exact) mass is 101 g/mol. The van der Waals surface area contributed by atoms with Gasteiger partial charge in [-0.25, -0.2) is 0 Å². The minimum Gasteiger partial charge on any atom is -0.395 e. The second kappa shape index (κ2) is 1.93. The van der Waals surface area contributed by atoms with Gasteiger partial charge in [-0.05, 0) is 0 Å². The summed E-state index contributed by atoms with van der Waals surface area (Å²) in [6.07, 6.45) is 0.788. The lowest BCUT2D eigenvalue weighted by Gasteiger charge is -1.81. The summed E-state index contributed by atoms with van der Waals surface area (Å²) in [5.74, 6) is 0. The first-order chi connectivity index (χ1) is 3.43. The van der Waals surface area contributed by atoms with Gasteiger partial charge in [-0.1, -0.05) is 5.16 Å². The maximum atomic E-state index is 8.36. The number of nitrogens with zero attached hydrogens (tertiary/aromatic N) is 1. The first kappa shape index (κ1) is 4.59. The molecule has 1 N–H and O–H groups in total. The van der Waals surface area contributed by atoms with Crippen LogP contribution in [0.4, 0.5) is 0 Å². The van der Waals surface area contributed by atoms with Crippen molar-refractivity contribution in [3.63, 3.8) is 0 Å². The fourth-order valence-corrected chi connectivity index (χ4v) is 0.454. The lowest BCUT2D eigenvalue weighted by atomic mass is 10.3. The summed E-state index contributed by atoms with van der Waals surface area (Å²) in [4.78, 5) is 4.58. The first-order valence-electron chi connectivity index (χ1n) is 2.22. The molecule has 0 fully saturated rings. The summed E-state index contributed by atoms with van der Waals surface area (Å²) < 4.78 is 0. The Morgan fingerprint density at radius 1 is 1.86 bits per heavy atom. The van der Waals surface area contributed by atoms with Crippen LogP contribution < -0.4 is 0 Å². The number of hydrogen-bond donors (Lipinski definition) is 1. The largest absolute Gasteiger partial charge is 0.395 e. The SMILES string of the molecule is OCC1=NOCC1. The first-order valence-corrected chi connectivity index (χ1v) is 2.22. The van der Waals surface area contributed by atoms with Crippen LogP contribution in [0.5, 0.6) is 0 Å².